The van der Waals surface area contributed by atoms with Crippen molar-refractivity contribution < 1.29 is 14.6 Å². The fourth-order valence-corrected chi connectivity index (χ4v) is 3.73. The van der Waals surface area contributed by atoms with E-state index in [2.05, 4.69) is 20.5 Å². The Morgan fingerprint density at radius 1 is 1.34 bits per heavy atom. The topological polar surface area (TPSA) is 103 Å². The van der Waals surface area contributed by atoms with Crippen LogP contribution in [-0.2, 0) is 10.3 Å². The predicted molar refractivity (Wildman–Crippen MR) is 112 cm³/mol. The van der Waals surface area contributed by atoms with Gasteiger partial charge in [0, 0.05) is 25.9 Å². The zero-order valence-electron chi connectivity index (χ0n) is 16.8. The van der Waals surface area contributed by atoms with Crippen LogP contribution in [0.25, 0.3) is 0 Å². The van der Waals surface area contributed by atoms with Gasteiger partial charge in [-0.05, 0) is 39.3 Å². The van der Waals surface area contributed by atoms with Crippen LogP contribution >= 0.6 is 23.2 Å². The van der Waals surface area contributed by atoms with Crippen molar-refractivity contribution >= 4 is 34.9 Å². The highest BCUT2D eigenvalue weighted by atomic mass is 35.5. The van der Waals surface area contributed by atoms with Gasteiger partial charge < -0.3 is 25.0 Å². The van der Waals surface area contributed by atoms with Gasteiger partial charge in [-0.1, -0.05) is 23.2 Å². The number of methoxy groups -OCH3 is 1. The summed E-state index contributed by atoms with van der Waals surface area (Å²) < 4.78 is 5.62. The second kappa shape index (κ2) is 8.47. The van der Waals surface area contributed by atoms with Gasteiger partial charge in [0.25, 0.3) is 5.91 Å². The Kier molecular flexibility index (Phi) is 6.38. The number of aromatic nitrogens is 3. The summed E-state index contributed by atoms with van der Waals surface area (Å²) in [5.74, 6) is 0.375. The number of piperidine rings is 1. The van der Waals surface area contributed by atoms with Crippen molar-refractivity contribution in [1.29, 1.82) is 0 Å². The van der Waals surface area contributed by atoms with Gasteiger partial charge in [-0.3, -0.25) is 4.79 Å². The minimum atomic E-state index is -1.04. The van der Waals surface area contributed by atoms with Gasteiger partial charge >= 0.3 is 0 Å². The van der Waals surface area contributed by atoms with E-state index in [1.807, 2.05) is 11.0 Å². The maximum absolute atomic E-state index is 12.6. The Morgan fingerprint density at radius 2 is 2.07 bits per heavy atom. The van der Waals surface area contributed by atoms with Crippen molar-refractivity contribution in [1.82, 2.24) is 20.5 Å². The molecule has 0 spiro atoms. The number of nitrogens with one attached hydrogen (secondary N) is 2. The molecule has 0 aliphatic carbocycles. The minimum Gasteiger partial charge on any atom is -0.384 e. The molecule has 3 heterocycles. The van der Waals surface area contributed by atoms with E-state index in [9.17, 15) is 9.90 Å². The van der Waals surface area contributed by atoms with E-state index >= 15 is 0 Å². The minimum absolute atomic E-state index is 0.189. The molecule has 2 atom stereocenters. The zero-order chi connectivity index (χ0) is 21.3. The van der Waals surface area contributed by atoms with Crippen LogP contribution in [0.2, 0.25) is 10.0 Å². The van der Waals surface area contributed by atoms with Crippen molar-refractivity contribution in [2.45, 2.75) is 44.9 Å². The number of H-pyrrole nitrogens is 1. The maximum Gasteiger partial charge on any atom is 0.269 e. The van der Waals surface area contributed by atoms with Crippen LogP contribution in [0.3, 0.4) is 0 Å². The van der Waals surface area contributed by atoms with Crippen LogP contribution in [-0.4, -0.2) is 58.5 Å². The highest BCUT2D eigenvalue weighted by Crippen LogP contribution is 2.29. The van der Waals surface area contributed by atoms with Crippen LogP contribution in [0, 0.1) is 6.92 Å². The molecular weight excluding hydrogens is 417 g/mol. The SMILES string of the molecule is CO[C@H]1CN(c2ccc(C(C)(C)O)nn2)CC[C@H]1NC(=O)c1[nH]c(C)c(Cl)c1Cl. The van der Waals surface area contributed by atoms with Crippen LogP contribution < -0.4 is 10.2 Å². The summed E-state index contributed by atoms with van der Waals surface area (Å²) in [6, 6.07) is 3.40. The van der Waals surface area contributed by atoms with Crippen molar-refractivity contribution in [3.63, 3.8) is 0 Å². The summed E-state index contributed by atoms with van der Waals surface area (Å²) in [7, 11) is 1.61. The van der Waals surface area contributed by atoms with E-state index in [-0.39, 0.29) is 28.8 Å². The number of aryl methyl sites for hydroxylation is 1. The van der Waals surface area contributed by atoms with Gasteiger partial charge in [-0.2, -0.15) is 5.10 Å². The van der Waals surface area contributed by atoms with Crippen LogP contribution in [0.15, 0.2) is 12.1 Å². The molecule has 29 heavy (non-hydrogen) atoms. The fourth-order valence-electron chi connectivity index (χ4n) is 3.32. The molecule has 1 fully saturated rings. The Balaban J connectivity index is 1.68. The van der Waals surface area contributed by atoms with Gasteiger partial charge in [-0.15, -0.1) is 5.10 Å². The molecule has 0 aromatic carbocycles. The molecule has 2 aromatic rings. The summed E-state index contributed by atoms with van der Waals surface area (Å²) in [6.45, 7) is 6.29. The normalized spacial score (nSPS) is 20.0. The molecule has 0 radical (unpaired) electrons. The summed E-state index contributed by atoms with van der Waals surface area (Å²) in [6.07, 6.45) is 0.415. The first-order valence-electron chi connectivity index (χ1n) is 9.30. The summed E-state index contributed by atoms with van der Waals surface area (Å²) in [4.78, 5) is 17.6. The zero-order valence-corrected chi connectivity index (χ0v) is 18.3. The van der Waals surface area contributed by atoms with Crippen LogP contribution in [0.1, 0.15) is 42.1 Å². The molecule has 0 saturated carbocycles. The smallest absolute Gasteiger partial charge is 0.269 e. The van der Waals surface area contributed by atoms with E-state index in [1.165, 1.54) is 0 Å². The Labute approximate surface area is 179 Å². The second-order valence-corrected chi connectivity index (χ2v) is 8.43. The number of hydrogen-bond acceptors (Lipinski definition) is 6. The van der Waals surface area contributed by atoms with E-state index in [0.717, 1.165) is 0 Å². The van der Waals surface area contributed by atoms with Gasteiger partial charge in [0.05, 0.1) is 27.9 Å². The molecule has 1 saturated heterocycles. The molecule has 1 amide bonds. The number of carbonyl (C=O) groups excluding carboxylic acids is 1. The van der Waals surface area contributed by atoms with Gasteiger partial charge in [-0.25, -0.2) is 0 Å². The van der Waals surface area contributed by atoms with Gasteiger partial charge in [0.15, 0.2) is 5.82 Å². The lowest BCUT2D eigenvalue weighted by atomic mass is 10.0. The quantitative estimate of drug-likeness (QED) is 0.658. The average Bonchev–Trinajstić information content (AvgIpc) is 2.95. The largest absolute Gasteiger partial charge is 0.384 e. The molecule has 1 aliphatic rings. The summed E-state index contributed by atoms with van der Waals surface area (Å²) in [5.41, 5.74) is 0.356. The third-order valence-electron chi connectivity index (χ3n) is 5.06. The first kappa shape index (κ1) is 21.8. The molecule has 3 N–H and O–H groups in total. The molecule has 0 unspecified atom stereocenters. The Morgan fingerprint density at radius 3 is 2.59 bits per heavy atom. The van der Waals surface area contributed by atoms with Crippen molar-refractivity contribution in [2.24, 2.45) is 0 Å². The maximum atomic E-state index is 12.6. The number of nitrogens with zero attached hydrogens (tertiary/aromatic N) is 3. The summed E-state index contributed by atoms with van der Waals surface area (Å²) in [5, 5.41) is 21.9. The van der Waals surface area contributed by atoms with Crippen molar-refractivity contribution in [2.75, 3.05) is 25.1 Å². The third-order valence-corrected chi connectivity index (χ3v) is 6.01. The first-order valence-corrected chi connectivity index (χ1v) is 10.1. The van der Waals surface area contributed by atoms with Gasteiger partial charge in [0.2, 0.25) is 0 Å². The Hall–Kier alpha value is -1.87. The highest BCUT2D eigenvalue weighted by molar-refractivity contribution is 6.44. The van der Waals surface area contributed by atoms with E-state index < -0.39 is 5.60 Å². The second-order valence-electron chi connectivity index (χ2n) is 7.68. The predicted octanol–water partition coefficient (Wildman–Crippen LogP) is 2.67. The molecule has 3 rings (SSSR count). The number of carbonyl (C=O) groups is 1. The molecule has 0 bridgehead atoms. The number of hydrogen-bond donors (Lipinski definition) is 3. The third kappa shape index (κ3) is 4.66. The van der Waals surface area contributed by atoms with Crippen molar-refractivity contribution in [3.8, 4) is 0 Å². The number of anilines is 1. The van der Waals surface area contributed by atoms with E-state index in [1.54, 1.807) is 33.9 Å². The number of aliphatic hydroxyl groups is 1. The molecule has 1 aliphatic heterocycles. The Bertz CT molecular complexity index is 879. The molecule has 10 heteroatoms. The van der Waals surface area contributed by atoms with E-state index in [4.69, 9.17) is 27.9 Å². The van der Waals surface area contributed by atoms with Crippen LogP contribution in [0.5, 0.6) is 0 Å². The molecule has 2 aromatic heterocycles. The van der Waals surface area contributed by atoms with Crippen LogP contribution in [0.4, 0.5) is 5.82 Å². The number of halogens is 2. The number of rotatable bonds is 5. The monoisotopic (exact) mass is 441 g/mol. The van der Waals surface area contributed by atoms with Crippen molar-refractivity contribution in [3.05, 3.63) is 39.3 Å². The number of aromatic amines is 1. The van der Waals surface area contributed by atoms with E-state index in [0.29, 0.717) is 41.7 Å². The van der Waals surface area contributed by atoms with Gasteiger partial charge in [0.1, 0.15) is 11.3 Å². The molecule has 8 nitrogen and oxygen atoms in total. The lowest BCUT2D eigenvalue weighted by Crippen LogP contribution is -2.55. The molecular formula is C19H25Cl2N5O3. The summed E-state index contributed by atoms with van der Waals surface area (Å²) >= 11 is 12.2. The molecule has 158 valence electrons. The number of amides is 1. The lowest BCUT2D eigenvalue weighted by molar-refractivity contribution is 0.0538. The fraction of sp³-hybridized carbons (Fsp3) is 0.526. The highest BCUT2D eigenvalue weighted by Gasteiger charge is 2.32. The lowest BCUT2D eigenvalue weighted by Gasteiger charge is -2.38. The standard InChI is InChI=1S/C19H25Cl2N5O3/c1-10-15(20)16(21)17(22-10)18(27)23-11-7-8-26(9-12(11)29-4)14-6-5-13(24-25-14)19(2,3)28/h5-6,11-12,22,28H,7-9H2,1-4H3,(H,23,27)/t11-,12+/m1/s1. The first-order chi connectivity index (χ1) is 13.6. The average molecular weight is 442 g/mol. The number of ether oxygens (including phenoxy) is 1.